The number of carboxylic acid groups (broad SMARTS) is 1. The maximum Gasteiger partial charge on any atom is 0.326 e. The minimum Gasteiger partial charge on any atom is -0.508 e. The van der Waals surface area contributed by atoms with Crippen LogP contribution in [0.25, 0.3) is 0 Å². The second kappa shape index (κ2) is 15.4. The normalized spacial score (nSPS) is 13.9. The largest absolute Gasteiger partial charge is 0.508 e. The molecule has 0 bridgehead atoms. The number of carbonyl (C=O) groups is 4. The molecule has 13 nitrogen and oxygen atoms in total. The molecule has 0 aliphatic carbocycles. The number of nitrogens with two attached hydrogens (primary N) is 1. The van der Waals surface area contributed by atoms with Gasteiger partial charge in [-0.1, -0.05) is 38.1 Å². The molecular weight excluding hydrogens is 556 g/mol. The van der Waals surface area contributed by atoms with Crippen molar-refractivity contribution < 1.29 is 34.5 Å². The fraction of sp³-hybridized carbons (Fsp3) is 0.367. The highest BCUT2D eigenvalue weighted by Gasteiger charge is 2.31. The van der Waals surface area contributed by atoms with Gasteiger partial charge >= 0.3 is 5.97 Å². The van der Waals surface area contributed by atoms with E-state index in [1.54, 1.807) is 24.3 Å². The number of hydrogen-bond acceptors (Lipinski definition) is 8. The summed E-state index contributed by atoms with van der Waals surface area (Å²) in [5.41, 5.74) is 7.97. The van der Waals surface area contributed by atoms with E-state index < -0.39 is 47.9 Å². The Morgan fingerprint density at radius 3 is 1.79 bits per heavy atom. The van der Waals surface area contributed by atoms with Gasteiger partial charge in [-0.2, -0.15) is 0 Å². The van der Waals surface area contributed by atoms with Gasteiger partial charge in [0.05, 0.1) is 12.4 Å². The van der Waals surface area contributed by atoms with Gasteiger partial charge in [0.25, 0.3) is 0 Å². The average molecular weight is 595 g/mol. The van der Waals surface area contributed by atoms with Crippen molar-refractivity contribution in [3.05, 3.63) is 77.9 Å². The number of rotatable bonds is 15. The molecule has 1 heterocycles. The number of nitrogens with one attached hydrogen (secondary N) is 4. The molecule has 3 aromatic rings. The number of H-pyrrole nitrogens is 1. The molecule has 0 radical (unpaired) electrons. The van der Waals surface area contributed by atoms with Crippen molar-refractivity contribution in [3.63, 3.8) is 0 Å². The number of aromatic nitrogens is 2. The van der Waals surface area contributed by atoms with Crippen LogP contribution in [0.2, 0.25) is 0 Å². The molecule has 3 amide bonds. The van der Waals surface area contributed by atoms with Gasteiger partial charge in [-0.05, 0) is 54.2 Å². The number of aliphatic carboxylic acids is 1. The topological polar surface area (TPSA) is 220 Å². The zero-order chi connectivity index (χ0) is 31.5. The van der Waals surface area contributed by atoms with E-state index in [2.05, 4.69) is 25.9 Å². The van der Waals surface area contributed by atoms with Crippen LogP contribution in [0, 0.1) is 5.92 Å². The van der Waals surface area contributed by atoms with Crippen LogP contribution in [-0.2, 0) is 38.4 Å². The molecule has 13 heteroatoms. The molecule has 4 unspecified atom stereocenters. The predicted octanol–water partition coefficient (Wildman–Crippen LogP) is 0.761. The molecule has 0 aliphatic heterocycles. The molecule has 0 saturated heterocycles. The third-order valence-electron chi connectivity index (χ3n) is 6.67. The number of nitrogens with zero attached hydrogens (tertiary/aromatic N) is 1. The smallest absolute Gasteiger partial charge is 0.326 e. The Morgan fingerprint density at radius 1 is 0.767 bits per heavy atom. The number of phenolic OH excluding ortho intramolecular Hbond substituents is 2. The van der Waals surface area contributed by atoms with Gasteiger partial charge in [0, 0.05) is 24.7 Å². The van der Waals surface area contributed by atoms with E-state index in [0.29, 0.717) is 16.8 Å². The molecule has 1 aromatic heterocycles. The summed E-state index contributed by atoms with van der Waals surface area (Å²) in [6, 6.07) is 7.66. The number of hydrogen-bond donors (Lipinski definition) is 8. The number of carboxylic acids is 1. The SMILES string of the molecule is CC(C)CC(NC(=O)C(Cc1cnc[nH]1)NC(=O)C(N)Cc1ccc(O)cc1)C(=O)NC(Cc1ccc(O)cc1)C(=O)O. The fourth-order valence-corrected chi connectivity index (χ4v) is 4.40. The second-order valence-corrected chi connectivity index (χ2v) is 10.8. The number of aromatic amines is 1. The van der Waals surface area contributed by atoms with E-state index in [1.165, 1.54) is 36.8 Å². The van der Waals surface area contributed by atoms with Crippen LogP contribution in [0.15, 0.2) is 61.1 Å². The maximum absolute atomic E-state index is 13.5. The van der Waals surface area contributed by atoms with Crippen molar-refractivity contribution in [2.24, 2.45) is 11.7 Å². The standard InChI is InChI=1S/C30H38N6O7/c1-17(2)11-24(28(40)36-26(30(42)43)13-19-5-9-22(38)10-6-19)35-29(41)25(14-20-15-32-16-33-20)34-27(39)23(31)12-18-3-7-21(37)8-4-18/h3-10,15-17,23-26,37-38H,11-14,31H2,1-2H3,(H,32,33)(H,34,39)(H,35,41)(H,36,40)(H,42,43). The lowest BCUT2D eigenvalue weighted by Crippen LogP contribution is -2.58. The summed E-state index contributed by atoms with van der Waals surface area (Å²) >= 11 is 0. The van der Waals surface area contributed by atoms with Crippen LogP contribution in [0.5, 0.6) is 11.5 Å². The quantitative estimate of drug-likeness (QED) is 0.124. The van der Waals surface area contributed by atoms with E-state index in [0.717, 1.165) is 0 Å². The van der Waals surface area contributed by atoms with Gasteiger partial charge in [-0.15, -0.1) is 0 Å². The highest BCUT2D eigenvalue weighted by molar-refractivity contribution is 5.94. The summed E-state index contributed by atoms with van der Waals surface area (Å²) in [7, 11) is 0. The van der Waals surface area contributed by atoms with E-state index in [4.69, 9.17) is 5.73 Å². The monoisotopic (exact) mass is 594 g/mol. The molecule has 3 rings (SSSR count). The number of amides is 3. The van der Waals surface area contributed by atoms with Crippen LogP contribution in [-0.4, -0.2) is 73.1 Å². The molecular formula is C30H38N6O7. The number of benzene rings is 2. The van der Waals surface area contributed by atoms with Crippen LogP contribution in [0.1, 0.15) is 37.1 Å². The highest BCUT2D eigenvalue weighted by Crippen LogP contribution is 2.14. The van der Waals surface area contributed by atoms with Gasteiger partial charge in [-0.25, -0.2) is 9.78 Å². The molecule has 230 valence electrons. The Morgan fingerprint density at radius 2 is 1.28 bits per heavy atom. The fourth-order valence-electron chi connectivity index (χ4n) is 4.40. The molecule has 4 atom stereocenters. The minimum atomic E-state index is -1.29. The Hall–Kier alpha value is -4.91. The van der Waals surface area contributed by atoms with E-state index in [1.807, 2.05) is 13.8 Å². The summed E-state index contributed by atoms with van der Waals surface area (Å²) in [5, 5.41) is 36.6. The first-order valence-electron chi connectivity index (χ1n) is 13.8. The maximum atomic E-state index is 13.5. The summed E-state index contributed by atoms with van der Waals surface area (Å²) in [6.07, 6.45) is 3.27. The van der Waals surface area contributed by atoms with Crippen molar-refractivity contribution in [1.82, 2.24) is 25.9 Å². The first-order chi connectivity index (χ1) is 20.4. The van der Waals surface area contributed by atoms with Crippen LogP contribution < -0.4 is 21.7 Å². The van der Waals surface area contributed by atoms with Crippen molar-refractivity contribution in [2.45, 2.75) is 63.7 Å². The van der Waals surface area contributed by atoms with Crippen molar-refractivity contribution >= 4 is 23.7 Å². The second-order valence-electron chi connectivity index (χ2n) is 10.8. The van der Waals surface area contributed by atoms with Crippen LogP contribution in [0.4, 0.5) is 0 Å². The van der Waals surface area contributed by atoms with E-state index in [9.17, 15) is 34.5 Å². The minimum absolute atomic E-state index is 0.0254. The number of phenols is 2. The highest BCUT2D eigenvalue weighted by atomic mass is 16.4. The van der Waals surface area contributed by atoms with Gasteiger partial charge in [0.2, 0.25) is 17.7 Å². The Balaban J connectivity index is 1.73. The number of aromatic hydroxyl groups is 2. The first-order valence-corrected chi connectivity index (χ1v) is 13.8. The Labute approximate surface area is 248 Å². The van der Waals surface area contributed by atoms with Gasteiger partial charge < -0.3 is 42.0 Å². The van der Waals surface area contributed by atoms with Gasteiger partial charge in [0.15, 0.2) is 0 Å². The summed E-state index contributed by atoms with van der Waals surface area (Å²) in [4.78, 5) is 58.6. The summed E-state index contributed by atoms with van der Waals surface area (Å²) < 4.78 is 0. The number of imidazole rings is 1. The molecule has 0 spiro atoms. The molecule has 9 N–H and O–H groups in total. The van der Waals surface area contributed by atoms with E-state index in [-0.39, 0.29) is 43.1 Å². The van der Waals surface area contributed by atoms with Crippen LogP contribution in [0.3, 0.4) is 0 Å². The van der Waals surface area contributed by atoms with E-state index >= 15 is 0 Å². The Bertz CT molecular complexity index is 1360. The predicted molar refractivity (Wildman–Crippen MR) is 157 cm³/mol. The lowest BCUT2D eigenvalue weighted by molar-refractivity contribution is -0.142. The third kappa shape index (κ3) is 10.5. The molecule has 0 aliphatic rings. The summed E-state index contributed by atoms with van der Waals surface area (Å²) in [6.45, 7) is 3.70. The number of carbonyl (C=O) groups excluding carboxylic acids is 3. The lowest BCUT2D eigenvalue weighted by Gasteiger charge is -2.26. The summed E-state index contributed by atoms with van der Waals surface area (Å²) in [5.74, 6) is -3.16. The first kappa shape index (κ1) is 32.6. The van der Waals surface area contributed by atoms with Gasteiger partial charge in [-0.3, -0.25) is 14.4 Å². The van der Waals surface area contributed by atoms with Crippen LogP contribution >= 0.6 is 0 Å². The molecule has 43 heavy (non-hydrogen) atoms. The molecule has 0 fully saturated rings. The molecule has 2 aromatic carbocycles. The lowest BCUT2D eigenvalue weighted by atomic mass is 10.0. The van der Waals surface area contributed by atoms with Crippen molar-refractivity contribution in [3.8, 4) is 11.5 Å². The zero-order valence-electron chi connectivity index (χ0n) is 24.0. The third-order valence-corrected chi connectivity index (χ3v) is 6.67. The van der Waals surface area contributed by atoms with Gasteiger partial charge in [0.1, 0.15) is 29.6 Å². The van der Waals surface area contributed by atoms with Crippen molar-refractivity contribution in [2.75, 3.05) is 0 Å². The average Bonchev–Trinajstić information content (AvgIpc) is 3.47. The zero-order valence-corrected chi connectivity index (χ0v) is 24.0. The van der Waals surface area contributed by atoms with Crippen molar-refractivity contribution in [1.29, 1.82) is 0 Å². The molecule has 0 saturated carbocycles. The Kier molecular flexibility index (Phi) is 11.6.